The first-order valence-electron chi connectivity index (χ1n) is 6.92. The number of aliphatic hydroxyl groups is 1. The van der Waals surface area contributed by atoms with E-state index in [-0.39, 0.29) is 0 Å². The van der Waals surface area contributed by atoms with Gasteiger partial charge in [0.1, 0.15) is 0 Å². The van der Waals surface area contributed by atoms with Gasteiger partial charge in [0.25, 0.3) is 0 Å². The molecule has 1 heterocycles. The van der Waals surface area contributed by atoms with Gasteiger partial charge in [0.15, 0.2) is 0 Å². The number of rotatable bonds is 3. The number of fused-ring (bicyclic) bond motifs is 1. The van der Waals surface area contributed by atoms with Crippen LogP contribution >= 0.6 is 11.6 Å². The van der Waals surface area contributed by atoms with Gasteiger partial charge in [-0.1, -0.05) is 41.9 Å². The largest absolute Gasteiger partial charge is 0.388 e. The molecule has 0 radical (unpaired) electrons. The number of hydrogen-bond acceptors (Lipinski definition) is 2. The van der Waals surface area contributed by atoms with E-state index in [1.54, 1.807) is 0 Å². The Hall–Kier alpha value is -1.90. The fraction of sp³-hybridized carbons (Fsp3) is 0.167. The average molecular weight is 298 g/mol. The highest BCUT2D eigenvalue weighted by Gasteiger charge is 2.11. The smallest absolute Gasteiger partial charge is 0.0831 e. The van der Waals surface area contributed by atoms with Gasteiger partial charge in [-0.2, -0.15) is 0 Å². The monoisotopic (exact) mass is 297 g/mol. The first kappa shape index (κ1) is 14.1. The Morgan fingerprint density at radius 1 is 1.10 bits per heavy atom. The summed E-state index contributed by atoms with van der Waals surface area (Å²) in [5, 5.41) is 12.2. The summed E-state index contributed by atoms with van der Waals surface area (Å²) in [6.45, 7) is 1.97. The van der Waals surface area contributed by atoms with Crippen molar-refractivity contribution in [2.24, 2.45) is 0 Å². The molecule has 0 amide bonds. The Labute approximate surface area is 129 Å². The van der Waals surface area contributed by atoms with Gasteiger partial charge >= 0.3 is 0 Å². The minimum Gasteiger partial charge on any atom is -0.388 e. The number of nitrogens with zero attached hydrogens (tertiary/aromatic N) is 1. The van der Waals surface area contributed by atoms with Crippen LogP contribution in [0.1, 0.15) is 22.9 Å². The topological polar surface area (TPSA) is 33.1 Å². The Kier molecular flexibility index (Phi) is 3.91. The maximum atomic E-state index is 10.4. The number of pyridine rings is 1. The van der Waals surface area contributed by atoms with E-state index < -0.39 is 6.10 Å². The van der Waals surface area contributed by atoms with E-state index in [2.05, 4.69) is 4.98 Å². The summed E-state index contributed by atoms with van der Waals surface area (Å²) in [6, 6.07) is 17.5. The molecule has 0 fully saturated rings. The lowest BCUT2D eigenvalue weighted by atomic mass is 10.00. The van der Waals surface area contributed by atoms with Crippen molar-refractivity contribution in [1.29, 1.82) is 0 Å². The van der Waals surface area contributed by atoms with E-state index >= 15 is 0 Å². The fourth-order valence-electron chi connectivity index (χ4n) is 2.44. The van der Waals surface area contributed by atoms with Crippen molar-refractivity contribution < 1.29 is 5.11 Å². The van der Waals surface area contributed by atoms with E-state index in [1.165, 1.54) is 0 Å². The zero-order valence-electron chi connectivity index (χ0n) is 11.8. The van der Waals surface area contributed by atoms with Crippen molar-refractivity contribution >= 4 is 22.5 Å². The molecule has 1 aromatic heterocycles. The molecule has 2 nitrogen and oxygen atoms in total. The lowest BCUT2D eigenvalue weighted by Gasteiger charge is -2.13. The normalized spacial score (nSPS) is 12.5. The van der Waals surface area contributed by atoms with Crippen molar-refractivity contribution in [2.45, 2.75) is 19.4 Å². The van der Waals surface area contributed by atoms with Crippen molar-refractivity contribution in [3.05, 3.63) is 76.4 Å². The van der Waals surface area contributed by atoms with Crippen LogP contribution in [0.3, 0.4) is 0 Å². The first-order valence-corrected chi connectivity index (χ1v) is 7.30. The molecule has 1 N–H and O–H groups in total. The quantitative estimate of drug-likeness (QED) is 0.773. The Bertz CT molecular complexity index is 785. The van der Waals surface area contributed by atoms with Gasteiger partial charge in [0.2, 0.25) is 0 Å². The molecule has 3 rings (SSSR count). The Balaban J connectivity index is 1.89. The molecular formula is C18H16ClNO. The Morgan fingerprint density at radius 2 is 1.90 bits per heavy atom. The molecule has 0 aliphatic carbocycles. The van der Waals surface area contributed by atoms with Crippen LogP contribution in [0.2, 0.25) is 5.02 Å². The molecule has 0 aliphatic rings. The first-order chi connectivity index (χ1) is 10.1. The summed E-state index contributed by atoms with van der Waals surface area (Å²) < 4.78 is 0. The number of halogens is 1. The molecule has 0 saturated carbocycles. The summed E-state index contributed by atoms with van der Waals surface area (Å²) >= 11 is 6.15. The van der Waals surface area contributed by atoms with Crippen molar-refractivity contribution in [2.75, 3.05) is 0 Å². The van der Waals surface area contributed by atoms with Gasteiger partial charge in [-0.25, -0.2) is 0 Å². The second kappa shape index (κ2) is 5.84. The highest BCUT2D eigenvalue weighted by atomic mass is 35.5. The standard InChI is InChI=1S/C18H16ClNO/c1-12-6-7-14-10-15(8-9-17(14)20-12)18(21)11-13-4-2-3-5-16(13)19/h2-10,18,21H,11H2,1H3. The number of aliphatic hydroxyl groups excluding tert-OH is 1. The fourth-order valence-corrected chi connectivity index (χ4v) is 2.66. The second-order valence-corrected chi connectivity index (χ2v) is 5.62. The van der Waals surface area contributed by atoms with Crippen molar-refractivity contribution in [3.8, 4) is 0 Å². The zero-order chi connectivity index (χ0) is 14.8. The molecule has 1 atom stereocenters. The second-order valence-electron chi connectivity index (χ2n) is 5.22. The highest BCUT2D eigenvalue weighted by molar-refractivity contribution is 6.31. The third-order valence-electron chi connectivity index (χ3n) is 3.61. The molecular weight excluding hydrogens is 282 g/mol. The third-order valence-corrected chi connectivity index (χ3v) is 3.98. The molecule has 0 saturated heterocycles. The van der Waals surface area contributed by atoms with Gasteiger partial charge in [-0.3, -0.25) is 4.98 Å². The highest BCUT2D eigenvalue weighted by Crippen LogP contribution is 2.25. The molecule has 3 aromatic rings. The summed E-state index contributed by atoms with van der Waals surface area (Å²) in [6.07, 6.45) is -0.0691. The van der Waals surface area contributed by atoms with E-state index in [0.717, 1.165) is 27.7 Å². The van der Waals surface area contributed by atoms with Crippen LogP contribution in [0.4, 0.5) is 0 Å². The van der Waals surface area contributed by atoms with Crippen molar-refractivity contribution in [1.82, 2.24) is 4.98 Å². The number of aryl methyl sites for hydroxylation is 1. The number of benzene rings is 2. The Morgan fingerprint density at radius 3 is 2.71 bits per heavy atom. The molecule has 0 bridgehead atoms. The van der Waals surface area contributed by atoms with Crippen LogP contribution in [0.15, 0.2) is 54.6 Å². The lowest BCUT2D eigenvalue weighted by molar-refractivity contribution is 0.178. The molecule has 0 spiro atoms. The van der Waals surface area contributed by atoms with Gasteiger partial charge in [0.05, 0.1) is 11.6 Å². The van der Waals surface area contributed by atoms with Crippen LogP contribution in [-0.2, 0) is 6.42 Å². The maximum absolute atomic E-state index is 10.4. The summed E-state index contributed by atoms with van der Waals surface area (Å²) in [5.74, 6) is 0. The van der Waals surface area contributed by atoms with Crippen LogP contribution in [0.5, 0.6) is 0 Å². The predicted octanol–water partition coefficient (Wildman–Crippen LogP) is 4.47. The summed E-state index contributed by atoms with van der Waals surface area (Å²) in [5.41, 5.74) is 3.78. The average Bonchev–Trinajstić information content (AvgIpc) is 2.49. The third kappa shape index (κ3) is 3.07. The summed E-state index contributed by atoms with van der Waals surface area (Å²) in [7, 11) is 0. The zero-order valence-corrected chi connectivity index (χ0v) is 12.5. The lowest BCUT2D eigenvalue weighted by Crippen LogP contribution is -2.02. The van der Waals surface area contributed by atoms with Gasteiger partial charge in [-0.05, 0) is 42.3 Å². The minimum absolute atomic E-state index is 0.504. The van der Waals surface area contributed by atoms with E-state index in [9.17, 15) is 5.11 Å². The molecule has 21 heavy (non-hydrogen) atoms. The number of hydrogen-bond donors (Lipinski definition) is 1. The van der Waals surface area contributed by atoms with Crippen molar-refractivity contribution in [3.63, 3.8) is 0 Å². The number of aromatic nitrogens is 1. The minimum atomic E-state index is -0.574. The van der Waals surface area contributed by atoms with Crippen LogP contribution in [0, 0.1) is 6.92 Å². The molecule has 1 unspecified atom stereocenters. The summed E-state index contributed by atoms with van der Waals surface area (Å²) in [4.78, 5) is 4.47. The van der Waals surface area contributed by atoms with Gasteiger partial charge < -0.3 is 5.11 Å². The molecule has 106 valence electrons. The van der Waals surface area contributed by atoms with Gasteiger partial charge in [-0.15, -0.1) is 0 Å². The van der Waals surface area contributed by atoms with E-state index in [4.69, 9.17) is 11.6 Å². The predicted molar refractivity (Wildman–Crippen MR) is 86.6 cm³/mol. The molecule has 0 aliphatic heterocycles. The SMILES string of the molecule is Cc1ccc2cc(C(O)Cc3ccccc3Cl)ccc2n1. The van der Waals surface area contributed by atoms with Crippen LogP contribution in [-0.4, -0.2) is 10.1 Å². The van der Waals surface area contributed by atoms with Crippen LogP contribution < -0.4 is 0 Å². The molecule has 3 heteroatoms. The van der Waals surface area contributed by atoms with Crippen LogP contribution in [0.25, 0.3) is 10.9 Å². The van der Waals surface area contributed by atoms with E-state index in [1.807, 2.05) is 61.5 Å². The van der Waals surface area contributed by atoms with E-state index in [0.29, 0.717) is 11.4 Å². The molecule has 2 aromatic carbocycles. The van der Waals surface area contributed by atoms with Gasteiger partial charge in [0, 0.05) is 22.5 Å². The maximum Gasteiger partial charge on any atom is 0.0831 e.